The lowest BCUT2D eigenvalue weighted by Crippen LogP contribution is -2.46. The molecule has 1 saturated heterocycles. The number of ether oxygens (including phenoxy) is 5. The largest absolute Gasteiger partial charge is 0.507 e. The van der Waals surface area contributed by atoms with E-state index in [0.717, 1.165) is 6.08 Å². The standard InChI is InChI=1S/C43H54N2O14/c1-17-14-29(47)24-15-25(24)36(50)19(3)35(49)20(4)39(58-23(7)46)18(2)30(55-9)12-13-56-43(8)41(53)34-32-27(44-26-10-11-31(48)57-22(26)6)16-28(45-42(17)54)38(52)33(32)37(51)21(5)40(34)59-43/h12-14,16,18-20,22,24-26,30-31,35-36,39,48-51H,10-11,15H2,1-9H3,(H,45,54)/b13-12+,17-14-,44-27?. The number of methoxy groups -OCH3 is 1. The van der Waals surface area contributed by atoms with Crippen LogP contribution in [0.15, 0.2) is 40.8 Å². The highest BCUT2D eigenvalue weighted by Crippen LogP contribution is 2.49. The molecule has 0 aromatic heterocycles. The lowest BCUT2D eigenvalue weighted by atomic mass is 9.79. The Labute approximate surface area is 342 Å². The van der Waals surface area contributed by atoms with E-state index in [1.807, 2.05) is 0 Å². The highest BCUT2D eigenvalue weighted by atomic mass is 16.7. The number of nitrogens with zero attached hydrogens (tertiary/aromatic N) is 1. The average Bonchev–Trinajstić information content (AvgIpc) is 3.94. The maximum atomic E-state index is 14.5. The average molecular weight is 823 g/mol. The number of rotatable bonds is 3. The van der Waals surface area contributed by atoms with Crippen LogP contribution in [-0.2, 0) is 33.3 Å². The predicted molar refractivity (Wildman–Crippen MR) is 209 cm³/mol. The van der Waals surface area contributed by atoms with Crippen LogP contribution in [-0.4, -0.2) is 111 Å². The van der Waals surface area contributed by atoms with Gasteiger partial charge in [-0.2, -0.15) is 0 Å². The molecule has 7 rings (SSSR count). The minimum absolute atomic E-state index is 0.0441. The molecule has 16 heteroatoms. The Bertz CT molecular complexity index is 2050. The fourth-order valence-corrected chi connectivity index (χ4v) is 8.69. The fourth-order valence-electron chi connectivity index (χ4n) is 8.69. The van der Waals surface area contributed by atoms with Gasteiger partial charge in [-0.1, -0.05) is 20.8 Å². The molecular weight excluding hydrogens is 768 g/mol. The molecule has 6 aliphatic rings. The van der Waals surface area contributed by atoms with Crippen LogP contribution in [0.5, 0.6) is 11.5 Å². The van der Waals surface area contributed by atoms with E-state index in [9.17, 15) is 44.4 Å². The number of carbonyl (C=O) groups is 5. The van der Waals surface area contributed by atoms with Crippen LogP contribution in [0.4, 0.5) is 0 Å². The van der Waals surface area contributed by atoms with Crippen LogP contribution < -0.4 is 10.1 Å². The summed E-state index contributed by atoms with van der Waals surface area (Å²) in [6, 6.07) is -0.576. The van der Waals surface area contributed by atoms with Crippen LogP contribution in [0, 0.1) is 36.5 Å². The summed E-state index contributed by atoms with van der Waals surface area (Å²) in [7, 11) is 1.42. The molecule has 2 fully saturated rings. The molecule has 320 valence electrons. The normalized spacial score (nSPS) is 38.6. The summed E-state index contributed by atoms with van der Waals surface area (Å²) in [6.45, 7) is 12.2. The quantitative estimate of drug-likeness (QED) is 0.276. The number of aromatic hydroxyl groups is 1. The van der Waals surface area contributed by atoms with Gasteiger partial charge in [-0.25, -0.2) is 0 Å². The smallest absolute Gasteiger partial charge is 0.312 e. The number of allylic oxidation sites excluding steroid dienone is 3. The van der Waals surface area contributed by atoms with E-state index in [1.165, 1.54) is 53.2 Å². The maximum Gasteiger partial charge on any atom is 0.312 e. The van der Waals surface area contributed by atoms with Crippen molar-refractivity contribution in [2.45, 2.75) is 123 Å². The molecule has 1 aromatic rings. The summed E-state index contributed by atoms with van der Waals surface area (Å²) in [5.74, 6) is -9.25. The first kappa shape index (κ1) is 43.8. The first-order valence-corrected chi connectivity index (χ1v) is 20.0. The third kappa shape index (κ3) is 8.25. The summed E-state index contributed by atoms with van der Waals surface area (Å²) >= 11 is 0. The van der Waals surface area contributed by atoms with Crippen LogP contribution in [0.1, 0.15) is 99.6 Å². The number of fused-ring (bicyclic) bond motifs is 12. The van der Waals surface area contributed by atoms with Gasteiger partial charge in [-0.3, -0.25) is 29.0 Å². The van der Waals surface area contributed by atoms with Gasteiger partial charge in [-0.05, 0) is 57.8 Å². The van der Waals surface area contributed by atoms with Gasteiger partial charge in [0.2, 0.25) is 5.78 Å². The number of Topliss-reactive ketones (excluding diaryl/α,β-unsaturated/α-hetero) is 2. The molecule has 4 aliphatic heterocycles. The number of esters is 1. The number of hydrogen-bond donors (Lipinski definition) is 5. The second-order valence-corrected chi connectivity index (χ2v) is 16.6. The van der Waals surface area contributed by atoms with E-state index in [0.29, 0.717) is 12.8 Å². The van der Waals surface area contributed by atoms with E-state index in [1.54, 1.807) is 27.7 Å². The number of phenols is 1. The summed E-state index contributed by atoms with van der Waals surface area (Å²) in [6.07, 6.45) is 0.385. The van der Waals surface area contributed by atoms with E-state index in [4.69, 9.17) is 28.7 Å². The zero-order chi connectivity index (χ0) is 43.4. The lowest BCUT2D eigenvalue weighted by Gasteiger charge is -2.37. The van der Waals surface area contributed by atoms with Gasteiger partial charge in [0, 0.05) is 67.7 Å². The van der Waals surface area contributed by atoms with Crippen molar-refractivity contribution in [2.75, 3.05) is 7.11 Å². The number of aliphatic imine (C=N–C) groups is 1. The van der Waals surface area contributed by atoms with Crippen molar-refractivity contribution in [3.8, 4) is 11.5 Å². The van der Waals surface area contributed by atoms with Crippen molar-refractivity contribution in [3.63, 3.8) is 0 Å². The summed E-state index contributed by atoms with van der Waals surface area (Å²) in [5, 5.41) is 47.2. The Morgan fingerprint density at radius 3 is 2.29 bits per heavy atom. The Kier molecular flexibility index (Phi) is 12.4. The highest BCUT2D eigenvalue weighted by Gasteiger charge is 2.52. The lowest BCUT2D eigenvalue weighted by molar-refractivity contribution is -0.162. The second kappa shape index (κ2) is 16.7. The summed E-state index contributed by atoms with van der Waals surface area (Å²) in [5.41, 5.74) is -0.683. The molecule has 5 N–H and O–H groups in total. The van der Waals surface area contributed by atoms with Gasteiger partial charge >= 0.3 is 11.8 Å². The molecule has 2 aliphatic carbocycles. The third-order valence-electron chi connectivity index (χ3n) is 12.4. The van der Waals surface area contributed by atoms with Gasteiger partial charge in [0.1, 0.15) is 17.6 Å². The van der Waals surface area contributed by atoms with Gasteiger partial charge in [0.25, 0.3) is 11.7 Å². The van der Waals surface area contributed by atoms with Crippen molar-refractivity contribution in [1.82, 2.24) is 5.32 Å². The third-order valence-corrected chi connectivity index (χ3v) is 12.4. The maximum absolute atomic E-state index is 14.5. The highest BCUT2D eigenvalue weighted by molar-refractivity contribution is 6.32. The summed E-state index contributed by atoms with van der Waals surface area (Å²) in [4.78, 5) is 73.1. The molecule has 4 heterocycles. The van der Waals surface area contributed by atoms with Crippen LogP contribution in [0.3, 0.4) is 0 Å². The topological polar surface area (TPSA) is 237 Å². The van der Waals surface area contributed by atoms with E-state index >= 15 is 0 Å². The predicted octanol–water partition coefficient (Wildman–Crippen LogP) is 3.14. The monoisotopic (exact) mass is 822 g/mol. The Morgan fingerprint density at radius 1 is 0.949 bits per heavy atom. The molecule has 0 radical (unpaired) electrons. The number of amides is 1. The van der Waals surface area contributed by atoms with Crippen molar-refractivity contribution < 1.29 is 68.1 Å². The SMILES string of the molecule is COC1/C=C/OC2(C)Oc3c(C)c(O)c4c(c3C2=O)C(=NC2CCC(O)OC2C)C=C(NC(=O)/C(C)=C\C(=O)C2CC2C(O)C(C)C(O)C(C)C(OC(C)=O)C1C)C4=O. The number of aliphatic hydroxyl groups excluding tert-OH is 3. The van der Waals surface area contributed by atoms with E-state index in [-0.39, 0.29) is 51.4 Å². The minimum atomic E-state index is -2.03. The number of carbonyl (C=O) groups excluding carboxylic acids is 5. The van der Waals surface area contributed by atoms with Crippen molar-refractivity contribution in [1.29, 1.82) is 0 Å². The number of benzene rings is 1. The van der Waals surface area contributed by atoms with Gasteiger partial charge in [0.15, 0.2) is 12.1 Å². The van der Waals surface area contributed by atoms with Gasteiger partial charge < -0.3 is 49.4 Å². The Morgan fingerprint density at radius 2 is 1.64 bits per heavy atom. The Hall–Kier alpha value is -4.74. The van der Waals surface area contributed by atoms with E-state index < -0.39 is 113 Å². The van der Waals surface area contributed by atoms with Crippen molar-refractivity contribution >= 4 is 34.9 Å². The molecule has 1 saturated carbocycles. The minimum Gasteiger partial charge on any atom is -0.507 e. The zero-order valence-electron chi connectivity index (χ0n) is 34.7. The second-order valence-electron chi connectivity index (χ2n) is 16.6. The van der Waals surface area contributed by atoms with Crippen LogP contribution in [0.25, 0.3) is 0 Å². The van der Waals surface area contributed by atoms with Crippen LogP contribution in [0.2, 0.25) is 0 Å². The molecule has 59 heavy (non-hydrogen) atoms. The fraction of sp³-hybridized carbons (Fsp3) is 0.581. The van der Waals surface area contributed by atoms with Crippen molar-refractivity contribution in [2.24, 2.45) is 34.6 Å². The van der Waals surface area contributed by atoms with Crippen molar-refractivity contribution in [3.05, 3.63) is 58.0 Å². The molecule has 1 aromatic carbocycles. The van der Waals surface area contributed by atoms with Crippen LogP contribution >= 0.6 is 0 Å². The molecule has 0 spiro atoms. The molecule has 16 nitrogen and oxygen atoms in total. The number of hydrogen-bond acceptors (Lipinski definition) is 15. The molecule has 5 bridgehead atoms. The summed E-state index contributed by atoms with van der Waals surface area (Å²) < 4.78 is 29.3. The molecule has 13 atom stereocenters. The molecular formula is C43H54N2O14. The van der Waals surface area contributed by atoms with Gasteiger partial charge in [-0.15, -0.1) is 0 Å². The molecule has 13 unspecified atom stereocenters. The first-order chi connectivity index (χ1) is 27.7. The van der Waals surface area contributed by atoms with Gasteiger partial charge in [0.05, 0.1) is 59.3 Å². The van der Waals surface area contributed by atoms with E-state index in [2.05, 4.69) is 5.32 Å². The zero-order valence-corrected chi connectivity index (χ0v) is 34.7. The number of ketones is 3. The Balaban J connectivity index is 1.48. The molecule has 1 amide bonds. The first-order valence-electron chi connectivity index (χ1n) is 20.0. The number of phenolic OH excluding ortho intramolecular Hbond substituents is 1. The number of aliphatic hydroxyl groups is 3. The number of nitrogens with one attached hydrogen (secondary N) is 1.